The maximum atomic E-state index is 12.8. The van der Waals surface area contributed by atoms with Gasteiger partial charge in [0.15, 0.2) is 0 Å². The molecule has 4 rings (SSSR count). The summed E-state index contributed by atoms with van der Waals surface area (Å²) in [5, 5.41) is 13.2. The summed E-state index contributed by atoms with van der Waals surface area (Å²) in [6.45, 7) is 12.1. The smallest absolute Gasteiger partial charge is 0.228 e. The Bertz CT molecular complexity index is 765. The predicted octanol–water partition coefficient (Wildman–Crippen LogP) is 1.42. The van der Waals surface area contributed by atoms with Crippen LogP contribution in [0.1, 0.15) is 45.4 Å². The fraction of sp³-hybridized carbons (Fsp3) is 0.818. The second kappa shape index (κ2) is 11.4. The Hall–Kier alpha value is -1.78. The number of hydrogen-bond donors (Lipinski definition) is 1. The lowest BCUT2D eigenvalue weighted by Crippen LogP contribution is -2.47. The van der Waals surface area contributed by atoms with E-state index in [-0.39, 0.29) is 17.7 Å². The van der Waals surface area contributed by atoms with Gasteiger partial charge in [-0.2, -0.15) is 0 Å². The first-order valence-electron chi connectivity index (χ1n) is 12.2. The summed E-state index contributed by atoms with van der Waals surface area (Å²) in [5.41, 5.74) is 0. The molecular formula is C22H37N7O2S. The number of piperidine rings is 1. The van der Waals surface area contributed by atoms with Crippen LogP contribution in [0.25, 0.3) is 0 Å². The molecule has 4 heterocycles. The normalized spacial score (nSPS) is 23.2. The van der Waals surface area contributed by atoms with Crippen LogP contribution in [0.2, 0.25) is 0 Å². The molecule has 0 aromatic carbocycles. The van der Waals surface area contributed by atoms with E-state index in [4.69, 9.17) is 0 Å². The molecule has 0 radical (unpaired) electrons. The second-order valence-corrected chi connectivity index (χ2v) is 10.1. The first kappa shape index (κ1) is 23.4. The van der Waals surface area contributed by atoms with Gasteiger partial charge in [0.2, 0.25) is 22.1 Å². The Morgan fingerprint density at radius 1 is 1.03 bits per heavy atom. The van der Waals surface area contributed by atoms with Crippen LogP contribution in [0.4, 0.5) is 10.3 Å². The van der Waals surface area contributed by atoms with Crippen molar-refractivity contribution in [3.05, 3.63) is 0 Å². The van der Waals surface area contributed by atoms with E-state index in [0.717, 1.165) is 83.2 Å². The largest absolute Gasteiger partial charge is 0.356 e. The Morgan fingerprint density at radius 3 is 2.50 bits per heavy atom. The summed E-state index contributed by atoms with van der Waals surface area (Å²) in [5.74, 6) is 0.274. The van der Waals surface area contributed by atoms with Crippen molar-refractivity contribution in [2.45, 2.75) is 45.4 Å². The third-order valence-electron chi connectivity index (χ3n) is 6.73. The Labute approximate surface area is 195 Å². The number of carbonyl (C=O) groups is 2. The molecule has 1 aromatic heterocycles. The second-order valence-electron chi connectivity index (χ2n) is 9.13. The molecule has 1 aromatic rings. The molecule has 0 saturated carbocycles. The highest BCUT2D eigenvalue weighted by Gasteiger charge is 2.30. The third-order valence-corrected chi connectivity index (χ3v) is 7.73. The zero-order valence-corrected chi connectivity index (χ0v) is 20.1. The van der Waals surface area contributed by atoms with E-state index in [1.807, 2.05) is 0 Å². The van der Waals surface area contributed by atoms with Crippen LogP contribution < -0.4 is 15.1 Å². The highest BCUT2D eigenvalue weighted by Crippen LogP contribution is 2.32. The Kier molecular flexibility index (Phi) is 8.31. The number of amides is 2. The minimum atomic E-state index is -0.0119. The topological polar surface area (TPSA) is 84.9 Å². The van der Waals surface area contributed by atoms with Gasteiger partial charge in [0, 0.05) is 58.8 Å². The molecule has 178 valence electrons. The highest BCUT2D eigenvalue weighted by molar-refractivity contribution is 7.19. The minimum Gasteiger partial charge on any atom is -0.356 e. The highest BCUT2D eigenvalue weighted by atomic mass is 32.1. The number of nitrogens with zero attached hydrogens (tertiary/aromatic N) is 6. The number of rotatable bonds is 9. The number of piperazine rings is 1. The van der Waals surface area contributed by atoms with Crippen LogP contribution in [0.15, 0.2) is 0 Å². The van der Waals surface area contributed by atoms with Crippen LogP contribution >= 0.6 is 11.3 Å². The van der Waals surface area contributed by atoms with Crippen molar-refractivity contribution in [1.29, 1.82) is 0 Å². The van der Waals surface area contributed by atoms with Crippen LogP contribution in [0.3, 0.4) is 0 Å². The van der Waals surface area contributed by atoms with Gasteiger partial charge in [0.25, 0.3) is 0 Å². The fourth-order valence-corrected chi connectivity index (χ4v) is 5.80. The molecule has 3 aliphatic rings. The molecule has 10 heteroatoms. The maximum absolute atomic E-state index is 12.8. The van der Waals surface area contributed by atoms with Crippen LogP contribution in [-0.4, -0.2) is 97.3 Å². The van der Waals surface area contributed by atoms with Gasteiger partial charge in [-0.25, -0.2) is 0 Å². The van der Waals surface area contributed by atoms with E-state index in [2.05, 4.69) is 37.1 Å². The summed E-state index contributed by atoms with van der Waals surface area (Å²) >= 11 is 1.46. The van der Waals surface area contributed by atoms with E-state index >= 15 is 0 Å². The average Bonchev–Trinajstić information content (AvgIpc) is 3.47. The molecule has 1 atom stereocenters. The standard InChI is InChI=1S/C22H37N7O2S/c1-2-9-26-13-15-27(16-14-26)10-5-8-23-20(31)18-6-3-11-28(17-18)21-24-25-22(32-21)29-12-4-7-19(29)30/h18H,2-17H2,1H3,(H,23,31)/t18-/m0/s1. The number of hydrogen-bond acceptors (Lipinski definition) is 8. The first-order valence-corrected chi connectivity index (χ1v) is 13.1. The van der Waals surface area contributed by atoms with E-state index in [1.54, 1.807) is 4.90 Å². The summed E-state index contributed by atoms with van der Waals surface area (Å²) in [7, 11) is 0. The molecule has 2 amide bonds. The molecule has 0 bridgehead atoms. The van der Waals surface area contributed by atoms with Gasteiger partial charge in [0.05, 0.1) is 5.92 Å². The van der Waals surface area contributed by atoms with Crippen molar-refractivity contribution in [2.24, 2.45) is 5.92 Å². The van der Waals surface area contributed by atoms with Crippen molar-refractivity contribution in [3.63, 3.8) is 0 Å². The van der Waals surface area contributed by atoms with Gasteiger partial charge in [0.1, 0.15) is 0 Å². The van der Waals surface area contributed by atoms with Crippen LogP contribution in [0, 0.1) is 5.92 Å². The quantitative estimate of drug-likeness (QED) is 0.555. The van der Waals surface area contributed by atoms with Crippen molar-refractivity contribution in [2.75, 3.05) is 75.2 Å². The lowest BCUT2D eigenvalue weighted by Gasteiger charge is -2.34. The third kappa shape index (κ3) is 5.96. The van der Waals surface area contributed by atoms with Gasteiger partial charge in [-0.15, -0.1) is 10.2 Å². The van der Waals surface area contributed by atoms with E-state index in [0.29, 0.717) is 18.1 Å². The predicted molar refractivity (Wildman–Crippen MR) is 127 cm³/mol. The SMILES string of the molecule is CCCN1CCN(CCCNC(=O)[C@H]2CCCN(c3nnc(N4CCCC4=O)s3)C2)CC1. The van der Waals surface area contributed by atoms with Crippen molar-refractivity contribution in [3.8, 4) is 0 Å². The van der Waals surface area contributed by atoms with Crippen LogP contribution in [0.5, 0.6) is 0 Å². The molecular weight excluding hydrogens is 426 g/mol. The molecule has 3 aliphatic heterocycles. The van der Waals surface area contributed by atoms with Gasteiger partial charge in [-0.1, -0.05) is 18.3 Å². The summed E-state index contributed by atoms with van der Waals surface area (Å²) < 4.78 is 0. The monoisotopic (exact) mass is 463 g/mol. The molecule has 3 saturated heterocycles. The molecule has 0 unspecified atom stereocenters. The summed E-state index contributed by atoms with van der Waals surface area (Å²) in [4.78, 5) is 33.7. The van der Waals surface area contributed by atoms with Crippen molar-refractivity contribution < 1.29 is 9.59 Å². The summed E-state index contributed by atoms with van der Waals surface area (Å²) in [6.07, 6.45) is 5.59. The van der Waals surface area contributed by atoms with Gasteiger partial charge in [-0.05, 0) is 45.2 Å². The first-order chi connectivity index (χ1) is 15.6. The average molecular weight is 464 g/mol. The molecule has 1 N–H and O–H groups in total. The molecule has 9 nitrogen and oxygen atoms in total. The Balaban J connectivity index is 1.17. The number of nitrogens with one attached hydrogen (secondary N) is 1. The fourth-order valence-electron chi connectivity index (χ4n) is 4.87. The Morgan fingerprint density at radius 2 is 1.78 bits per heavy atom. The van der Waals surface area contributed by atoms with E-state index in [9.17, 15) is 9.59 Å². The van der Waals surface area contributed by atoms with Gasteiger partial charge >= 0.3 is 0 Å². The minimum absolute atomic E-state index is 0.0119. The number of anilines is 2. The zero-order chi connectivity index (χ0) is 22.3. The molecule has 3 fully saturated rings. The van der Waals surface area contributed by atoms with Crippen molar-refractivity contribution in [1.82, 2.24) is 25.3 Å². The molecule has 32 heavy (non-hydrogen) atoms. The maximum Gasteiger partial charge on any atom is 0.228 e. The molecule has 0 aliphatic carbocycles. The number of carbonyl (C=O) groups excluding carboxylic acids is 2. The van der Waals surface area contributed by atoms with Gasteiger partial charge < -0.3 is 20.0 Å². The van der Waals surface area contributed by atoms with Crippen LogP contribution in [-0.2, 0) is 9.59 Å². The van der Waals surface area contributed by atoms with Crippen molar-refractivity contribution >= 4 is 33.4 Å². The molecule has 0 spiro atoms. The summed E-state index contributed by atoms with van der Waals surface area (Å²) in [6, 6.07) is 0. The zero-order valence-electron chi connectivity index (χ0n) is 19.3. The van der Waals surface area contributed by atoms with E-state index in [1.165, 1.54) is 24.3 Å². The number of aromatic nitrogens is 2. The van der Waals surface area contributed by atoms with E-state index < -0.39 is 0 Å². The lowest BCUT2D eigenvalue weighted by molar-refractivity contribution is -0.125. The van der Waals surface area contributed by atoms with Gasteiger partial charge in [-0.3, -0.25) is 14.5 Å². The lowest BCUT2D eigenvalue weighted by atomic mass is 9.97.